The first-order valence-corrected chi connectivity index (χ1v) is 13.6. The van der Waals surface area contributed by atoms with Crippen LogP contribution in [0.2, 0.25) is 0 Å². The van der Waals surface area contributed by atoms with Crippen molar-refractivity contribution in [3.8, 4) is 0 Å². The third-order valence-corrected chi connectivity index (χ3v) is 7.53. The van der Waals surface area contributed by atoms with Gasteiger partial charge in [-0.1, -0.05) is 43.3 Å². The summed E-state index contributed by atoms with van der Waals surface area (Å²) in [6, 6.07) is 15.6. The summed E-state index contributed by atoms with van der Waals surface area (Å²) in [7, 11) is 1.74. The fraction of sp³-hybridized carbons (Fsp3) is 0.533. The number of benzene rings is 2. The number of nitrogens with one attached hydrogen (secondary N) is 1. The molecule has 39 heavy (non-hydrogen) atoms. The summed E-state index contributed by atoms with van der Waals surface area (Å²) in [6.07, 6.45) is 0.340. The molecule has 212 valence electrons. The fourth-order valence-electron chi connectivity index (χ4n) is 5.39. The van der Waals surface area contributed by atoms with Crippen LogP contribution in [0.15, 0.2) is 48.5 Å². The van der Waals surface area contributed by atoms with Gasteiger partial charge in [0.15, 0.2) is 12.4 Å². The van der Waals surface area contributed by atoms with Gasteiger partial charge in [0.2, 0.25) is 0 Å². The van der Waals surface area contributed by atoms with Gasteiger partial charge in [-0.15, -0.1) is 0 Å². The van der Waals surface area contributed by atoms with Crippen molar-refractivity contribution >= 4 is 17.6 Å². The van der Waals surface area contributed by atoms with Crippen molar-refractivity contribution in [1.82, 2.24) is 4.90 Å². The number of rotatable bonds is 10. The van der Waals surface area contributed by atoms with E-state index in [4.69, 9.17) is 18.9 Å². The zero-order valence-electron chi connectivity index (χ0n) is 23.2. The predicted molar refractivity (Wildman–Crippen MR) is 146 cm³/mol. The fourth-order valence-corrected chi connectivity index (χ4v) is 5.39. The van der Waals surface area contributed by atoms with Crippen molar-refractivity contribution in [2.24, 2.45) is 5.92 Å². The molecule has 0 radical (unpaired) electrons. The van der Waals surface area contributed by atoms with E-state index in [0.29, 0.717) is 18.3 Å². The van der Waals surface area contributed by atoms with Gasteiger partial charge in [0.1, 0.15) is 0 Å². The Bertz CT molecular complexity index is 1110. The molecule has 2 heterocycles. The van der Waals surface area contributed by atoms with Crippen LogP contribution in [0.1, 0.15) is 62.7 Å². The molecule has 9 nitrogen and oxygen atoms in total. The molecule has 0 spiro atoms. The number of methoxy groups -OCH3 is 1. The van der Waals surface area contributed by atoms with E-state index in [-0.39, 0.29) is 24.7 Å². The number of anilines is 1. The highest BCUT2D eigenvalue weighted by molar-refractivity contribution is 5.95. The van der Waals surface area contributed by atoms with Crippen molar-refractivity contribution in [1.29, 1.82) is 0 Å². The lowest BCUT2D eigenvalue weighted by Crippen LogP contribution is -2.46. The Morgan fingerprint density at radius 3 is 2.62 bits per heavy atom. The maximum Gasteiger partial charge on any atom is 0.303 e. The van der Waals surface area contributed by atoms with Crippen LogP contribution in [0.3, 0.4) is 0 Å². The van der Waals surface area contributed by atoms with Gasteiger partial charge in [-0.2, -0.15) is 0 Å². The first-order valence-electron chi connectivity index (χ1n) is 13.6. The third kappa shape index (κ3) is 7.43. The third-order valence-electron chi connectivity index (χ3n) is 7.53. The normalized spacial score (nSPS) is 26.2. The summed E-state index contributed by atoms with van der Waals surface area (Å²) >= 11 is 0. The summed E-state index contributed by atoms with van der Waals surface area (Å²) in [5.41, 5.74) is 3.20. The maximum absolute atomic E-state index is 12.5. The number of nitrogens with zero attached hydrogens (tertiary/aromatic N) is 1. The highest BCUT2D eigenvalue weighted by Crippen LogP contribution is 2.42. The summed E-state index contributed by atoms with van der Waals surface area (Å²) in [4.78, 5) is 26.2. The zero-order chi connectivity index (χ0) is 27.9. The number of carbonyl (C=O) groups excluding carboxylic acids is 2. The Kier molecular flexibility index (Phi) is 10.1. The number of esters is 1. The minimum Gasteiger partial charge on any atom is -0.453 e. The number of amides is 1. The molecular formula is C30H40N2O7. The van der Waals surface area contributed by atoms with Crippen molar-refractivity contribution in [2.45, 2.75) is 70.9 Å². The molecule has 1 amide bonds. The van der Waals surface area contributed by atoms with Gasteiger partial charge in [0.05, 0.1) is 25.4 Å². The van der Waals surface area contributed by atoms with Crippen molar-refractivity contribution in [2.75, 3.05) is 32.1 Å². The first-order chi connectivity index (χ1) is 18.8. The molecule has 2 N–H and O–H groups in total. The van der Waals surface area contributed by atoms with Crippen LogP contribution in [0.4, 0.5) is 5.69 Å². The Labute approximate surface area is 230 Å². The molecule has 2 aromatic rings. The number of likely N-dealkylation sites (tertiary alicyclic amines) is 1. The predicted octanol–water partition coefficient (Wildman–Crippen LogP) is 3.97. The smallest absolute Gasteiger partial charge is 0.303 e. The second-order valence-corrected chi connectivity index (χ2v) is 10.4. The molecule has 2 aromatic carbocycles. The first kappa shape index (κ1) is 29.2. The minimum absolute atomic E-state index is 0.0137. The van der Waals surface area contributed by atoms with Crippen molar-refractivity contribution < 1.29 is 33.6 Å². The van der Waals surface area contributed by atoms with E-state index >= 15 is 0 Å². The van der Waals surface area contributed by atoms with Crippen LogP contribution in [-0.2, 0) is 35.1 Å². The van der Waals surface area contributed by atoms with Crippen molar-refractivity contribution in [3.05, 3.63) is 65.2 Å². The van der Waals surface area contributed by atoms with Gasteiger partial charge in [-0.3, -0.25) is 14.5 Å². The monoisotopic (exact) mass is 540 g/mol. The Hall–Kier alpha value is -2.82. The number of hydrogen-bond acceptors (Lipinski definition) is 8. The van der Waals surface area contributed by atoms with Crippen molar-refractivity contribution in [3.63, 3.8) is 0 Å². The van der Waals surface area contributed by atoms with E-state index in [1.807, 2.05) is 42.5 Å². The maximum atomic E-state index is 12.5. The molecular weight excluding hydrogens is 500 g/mol. The number of aliphatic hydroxyl groups excluding tert-OH is 1. The standard InChI is InChI=1S/C30H40N2O7/c1-19-27(16-32-14-6-9-26(32)18-36-4)38-30(39-28(19)23-12-10-22(17-33)11-13-23)24-7-5-8-25(15-24)31-29(35)20(2)37-21(3)34/h5,7-8,10-13,15,19-20,26-28,30,33H,6,9,14,16-18H2,1-4H3,(H,31,35). The van der Waals surface area contributed by atoms with E-state index in [1.165, 1.54) is 13.8 Å². The van der Waals surface area contributed by atoms with E-state index < -0.39 is 24.3 Å². The second-order valence-electron chi connectivity index (χ2n) is 10.4. The molecule has 2 saturated heterocycles. The molecule has 6 unspecified atom stereocenters. The van der Waals surface area contributed by atoms with E-state index in [9.17, 15) is 14.7 Å². The van der Waals surface area contributed by atoms with Crippen LogP contribution < -0.4 is 5.32 Å². The Morgan fingerprint density at radius 2 is 1.92 bits per heavy atom. The molecule has 0 saturated carbocycles. The lowest BCUT2D eigenvalue weighted by atomic mass is 9.90. The molecule has 4 rings (SSSR count). The SMILES string of the molecule is COCC1CCCN1CC1OC(c2cccc(NC(=O)C(C)OC(C)=O)c2)OC(c2ccc(CO)cc2)C1C. The quantitative estimate of drug-likeness (QED) is 0.436. The summed E-state index contributed by atoms with van der Waals surface area (Å²) in [5, 5.41) is 12.3. The lowest BCUT2D eigenvalue weighted by Gasteiger charge is -2.43. The highest BCUT2D eigenvalue weighted by atomic mass is 16.7. The number of ether oxygens (including phenoxy) is 4. The molecule has 0 aliphatic carbocycles. The number of hydrogen-bond donors (Lipinski definition) is 2. The highest BCUT2D eigenvalue weighted by Gasteiger charge is 2.40. The Morgan fingerprint density at radius 1 is 1.15 bits per heavy atom. The van der Waals surface area contributed by atoms with Crippen LogP contribution in [0, 0.1) is 5.92 Å². The summed E-state index contributed by atoms with van der Waals surface area (Å²) < 4.78 is 23.6. The average Bonchev–Trinajstić information content (AvgIpc) is 3.36. The topological polar surface area (TPSA) is 107 Å². The van der Waals surface area contributed by atoms with Gasteiger partial charge in [0.25, 0.3) is 5.91 Å². The molecule has 0 bridgehead atoms. The molecule has 2 fully saturated rings. The van der Waals surface area contributed by atoms with Crippen LogP contribution >= 0.6 is 0 Å². The lowest BCUT2D eigenvalue weighted by molar-refractivity contribution is -0.276. The van der Waals surface area contributed by atoms with E-state index in [1.54, 1.807) is 13.2 Å². The molecule has 6 atom stereocenters. The number of carbonyl (C=O) groups is 2. The van der Waals surface area contributed by atoms with Gasteiger partial charge in [-0.05, 0) is 49.6 Å². The molecule has 2 aliphatic heterocycles. The van der Waals surface area contributed by atoms with Gasteiger partial charge < -0.3 is 29.4 Å². The van der Waals surface area contributed by atoms with Crippen LogP contribution in [0.5, 0.6) is 0 Å². The van der Waals surface area contributed by atoms with Crippen LogP contribution in [0.25, 0.3) is 0 Å². The average molecular weight is 541 g/mol. The largest absolute Gasteiger partial charge is 0.453 e. The minimum atomic E-state index is -0.912. The summed E-state index contributed by atoms with van der Waals surface area (Å²) in [5.74, 6) is -0.865. The molecule has 9 heteroatoms. The molecule has 2 aliphatic rings. The van der Waals surface area contributed by atoms with Crippen LogP contribution in [-0.4, -0.2) is 66.9 Å². The summed E-state index contributed by atoms with van der Waals surface area (Å²) in [6.45, 7) is 7.40. The number of aliphatic hydroxyl groups is 1. The van der Waals surface area contributed by atoms with E-state index in [0.717, 1.165) is 42.6 Å². The zero-order valence-corrected chi connectivity index (χ0v) is 23.2. The molecule has 0 aromatic heterocycles. The van der Waals surface area contributed by atoms with Gasteiger partial charge in [0, 0.05) is 43.8 Å². The van der Waals surface area contributed by atoms with E-state index in [2.05, 4.69) is 17.1 Å². The van der Waals surface area contributed by atoms with Gasteiger partial charge >= 0.3 is 5.97 Å². The Balaban J connectivity index is 1.57. The van der Waals surface area contributed by atoms with Gasteiger partial charge in [-0.25, -0.2) is 0 Å². The second kappa shape index (κ2) is 13.5.